The Morgan fingerprint density at radius 3 is 2.50 bits per heavy atom. The van der Waals surface area contributed by atoms with E-state index in [1.165, 1.54) is 6.33 Å². The van der Waals surface area contributed by atoms with E-state index >= 15 is 0 Å². The van der Waals surface area contributed by atoms with Gasteiger partial charge in [-0.3, -0.25) is 4.79 Å². The number of nitrogens with one attached hydrogen (secondary N) is 2. The van der Waals surface area contributed by atoms with Crippen LogP contribution >= 0.6 is 23.2 Å². The van der Waals surface area contributed by atoms with Gasteiger partial charge in [-0.2, -0.15) is 0 Å². The highest BCUT2D eigenvalue weighted by Gasteiger charge is 2.09. The molecule has 0 aliphatic rings. The van der Waals surface area contributed by atoms with Crippen LogP contribution in [0.15, 0.2) is 60.9 Å². The molecule has 0 saturated carbocycles. The Morgan fingerprint density at radius 1 is 0.962 bits per heavy atom. The van der Waals surface area contributed by atoms with Crippen LogP contribution in [0.5, 0.6) is 0 Å². The van der Waals surface area contributed by atoms with Crippen LogP contribution in [0.4, 0.5) is 5.82 Å². The second-order valence-electron chi connectivity index (χ2n) is 5.54. The third-order valence-corrected chi connectivity index (χ3v) is 4.30. The van der Waals surface area contributed by atoms with E-state index in [-0.39, 0.29) is 11.6 Å². The Kier molecular flexibility index (Phi) is 6.04. The number of nitrogens with zero attached hydrogens (tertiary/aromatic N) is 2. The summed E-state index contributed by atoms with van der Waals surface area (Å²) in [6.45, 7) is 0.894. The van der Waals surface area contributed by atoms with E-state index in [1.807, 2.05) is 36.4 Å². The monoisotopic (exact) mass is 386 g/mol. The Bertz CT molecular complexity index is 900. The van der Waals surface area contributed by atoms with Crippen LogP contribution in [-0.4, -0.2) is 15.9 Å². The molecule has 2 aromatic carbocycles. The minimum absolute atomic E-state index is 0.275. The van der Waals surface area contributed by atoms with Gasteiger partial charge in [0.15, 0.2) is 0 Å². The van der Waals surface area contributed by atoms with Crippen molar-refractivity contribution >= 4 is 34.9 Å². The molecule has 0 fully saturated rings. The summed E-state index contributed by atoms with van der Waals surface area (Å²) in [5, 5.41) is 7.30. The lowest BCUT2D eigenvalue weighted by Gasteiger charge is -2.09. The Labute approximate surface area is 161 Å². The van der Waals surface area contributed by atoms with Crippen molar-refractivity contribution in [3.8, 4) is 0 Å². The van der Waals surface area contributed by atoms with Crippen LogP contribution in [0.25, 0.3) is 0 Å². The molecule has 0 atom stereocenters. The maximum Gasteiger partial charge on any atom is 0.270 e. The van der Waals surface area contributed by atoms with Crippen molar-refractivity contribution in [3.63, 3.8) is 0 Å². The Morgan fingerprint density at radius 2 is 1.73 bits per heavy atom. The molecule has 1 aromatic heterocycles. The highest BCUT2D eigenvalue weighted by Crippen LogP contribution is 2.16. The van der Waals surface area contributed by atoms with Crippen LogP contribution in [0.3, 0.4) is 0 Å². The van der Waals surface area contributed by atoms with Gasteiger partial charge in [-0.1, -0.05) is 53.5 Å². The average molecular weight is 387 g/mol. The molecular weight excluding hydrogens is 371 g/mol. The van der Waals surface area contributed by atoms with Gasteiger partial charge in [0.2, 0.25) is 0 Å². The van der Waals surface area contributed by atoms with Gasteiger partial charge in [-0.15, -0.1) is 0 Å². The topological polar surface area (TPSA) is 66.9 Å². The molecule has 1 heterocycles. The number of aromatic nitrogens is 2. The van der Waals surface area contributed by atoms with Crippen molar-refractivity contribution in [2.45, 2.75) is 13.1 Å². The number of amides is 1. The average Bonchev–Trinajstić information content (AvgIpc) is 2.67. The number of hydrogen-bond donors (Lipinski definition) is 2. The third kappa shape index (κ3) is 4.94. The summed E-state index contributed by atoms with van der Waals surface area (Å²) in [5.41, 5.74) is 2.19. The fraction of sp³-hybridized carbons (Fsp3) is 0.105. The van der Waals surface area contributed by atoms with E-state index in [4.69, 9.17) is 23.2 Å². The third-order valence-electron chi connectivity index (χ3n) is 3.68. The van der Waals surface area contributed by atoms with Crippen molar-refractivity contribution in [3.05, 3.63) is 87.8 Å². The lowest BCUT2D eigenvalue weighted by molar-refractivity contribution is 0.0946. The van der Waals surface area contributed by atoms with Crippen LogP contribution < -0.4 is 10.6 Å². The van der Waals surface area contributed by atoms with E-state index in [1.54, 1.807) is 18.2 Å². The van der Waals surface area contributed by atoms with Crippen molar-refractivity contribution in [2.24, 2.45) is 0 Å². The van der Waals surface area contributed by atoms with Gasteiger partial charge in [0.05, 0.1) is 0 Å². The van der Waals surface area contributed by atoms with Crippen molar-refractivity contribution in [1.82, 2.24) is 15.3 Å². The standard InChI is InChI=1S/C19H16Cl2N4O/c20-15-7-5-13(6-8-15)10-23-19(26)17-9-18(25-12-24-17)22-11-14-3-1-2-4-16(14)21/h1-9,12H,10-11H2,(H,23,26)(H,22,24,25). The van der Waals surface area contributed by atoms with Crippen LogP contribution in [-0.2, 0) is 13.1 Å². The number of carbonyl (C=O) groups is 1. The SMILES string of the molecule is O=C(NCc1ccc(Cl)cc1)c1cc(NCc2ccccc2Cl)ncn1. The number of carbonyl (C=O) groups excluding carboxylic acids is 1. The molecule has 0 saturated heterocycles. The summed E-state index contributed by atoms with van der Waals surface area (Å²) < 4.78 is 0. The number of hydrogen-bond acceptors (Lipinski definition) is 4. The molecule has 0 radical (unpaired) electrons. The zero-order valence-corrected chi connectivity index (χ0v) is 15.3. The molecule has 3 aromatic rings. The smallest absolute Gasteiger partial charge is 0.270 e. The minimum atomic E-state index is -0.275. The van der Waals surface area contributed by atoms with E-state index in [2.05, 4.69) is 20.6 Å². The first-order valence-corrected chi connectivity index (χ1v) is 8.69. The first-order valence-electron chi connectivity index (χ1n) is 7.94. The second kappa shape index (κ2) is 8.65. The van der Waals surface area contributed by atoms with Crippen LogP contribution in [0.2, 0.25) is 10.0 Å². The molecule has 0 aliphatic carbocycles. The molecule has 3 rings (SSSR count). The normalized spacial score (nSPS) is 10.4. The van der Waals surface area contributed by atoms with Crippen molar-refractivity contribution in [1.29, 1.82) is 0 Å². The number of anilines is 1. The summed E-state index contributed by atoms with van der Waals surface area (Å²) in [5.74, 6) is 0.278. The van der Waals surface area contributed by atoms with Gasteiger partial charge in [-0.25, -0.2) is 9.97 Å². The molecule has 26 heavy (non-hydrogen) atoms. The largest absolute Gasteiger partial charge is 0.366 e. The lowest BCUT2D eigenvalue weighted by atomic mass is 10.2. The first-order chi connectivity index (χ1) is 12.6. The Hall–Kier alpha value is -2.63. The van der Waals surface area contributed by atoms with Crippen molar-refractivity contribution < 1.29 is 4.79 Å². The van der Waals surface area contributed by atoms with Crippen LogP contribution in [0, 0.1) is 0 Å². The Balaban J connectivity index is 1.60. The molecule has 0 aliphatic heterocycles. The minimum Gasteiger partial charge on any atom is -0.366 e. The molecule has 1 amide bonds. The van der Waals surface area contributed by atoms with E-state index in [0.29, 0.717) is 29.0 Å². The van der Waals surface area contributed by atoms with Gasteiger partial charge in [0, 0.05) is 29.2 Å². The maximum atomic E-state index is 12.3. The molecule has 0 unspecified atom stereocenters. The zero-order valence-electron chi connectivity index (χ0n) is 13.7. The summed E-state index contributed by atoms with van der Waals surface area (Å²) in [4.78, 5) is 20.5. The summed E-state index contributed by atoms with van der Waals surface area (Å²) in [7, 11) is 0. The van der Waals surface area contributed by atoms with Crippen molar-refractivity contribution in [2.75, 3.05) is 5.32 Å². The number of benzene rings is 2. The number of rotatable bonds is 6. The van der Waals surface area contributed by atoms with Gasteiger partial charge < -0.3 is 10.6 Å². The maximum absolute atomic E-state index is 12.3. The summed E-state index contributed by atoms with van der Waals surface area (Å²) in [6, 6.07) is 16.4. The molecule has 0 spiro atoms. The van der Waals surface area contributed by atoms with E-state index < -0.39 is 0 Å². The highest BCUT2D eigenvalue weighted by atomic mass is 35.5. The fourth-order valence-corrected chi connectivity index (χ4v) is 2.61. The predicted molar refractivity (Wildman–Crippen MR) is 103 cm³/mol. The van der Waals surface area contributed by atoms with Crippen LogP contribution in [0.1, 0.15) is 21.6 Å². The molecule has 7 heteroatoms. The first kappa shape index (κ1) is 18.2. The van der Waals surface area contributed by atoms with Gasteiger partial charge in [0.1, 0.15) is 17.8 Å². The molecular formula is C19H16Cl2N4O. The zero-order chi connectivity index (χ0) is 18.4. The fourth-order valence-electron chi connectivity index (χ4n) is 2.28. The molecule has 132 valence electrons. The van der Waals surface area contributed by atoms with Gasteiger partial charge >= 0.3 is 0 Å². The quantitative estimate of drug-likeness (QED) is 0.661. The summed E-state index contributed by atoms with van der Waals surface area (Å²) >= 11 is 12.0. The summed E-state index contributed by atoms with van der Waals surface area (Å²) in [6.07, 6.45) is 1.35. The predicted octanol–water partition coefficient (Wildman–Crippen LogP) is 4.33. The lowest BCUT2D eigenvalue weighted by Crippen LogP contribution is -2.24. The van der Waals surface area contributed by atoms with E-state index in [9.17, 15) is 4.79 Å². The number of halogens is 2. The highest BCUT2D eigenvalue weighted by molar-refractivity contribution is 6.31. The van der Waals surface area contributed by atoms with Gasteiger partial charge in [-0.05, 0) is 29.3 Å². The molecule has 0 bridgehead atoms. The molecule has 2 N–H and O–H groups in total. The second-order valence-corrected chi connectivity index (χ2v) is 6.39. The van der Waals surface area contributed by atoms with Gasteiger partial charge in [0.25, 0.3) is 5.91 Å². The van der Waals surface area contributed by atoms with E-state index in [0.717, 1.165) is 11.1 Å². The molecule has 5 nitrogen and oxygen atoms in total.